The SMILES string of the molecule is CC(=O)c1ccc2c(c1)c1cc(C(C)=O)ccc1n2CCCCCCCC(=O)NCc1ccc(/C=C/C(=O)NO)cc1. The predicted molar refractivity (Wildman–Crippen MR) is 164 cm³/mol. The topological polar surface area (TPSA) is 118 Å². The summed E-state index contributed by atoms with van der Waals surface area (Å²) in [6.07, 6.45) is 8.20. The summed E-state index contributed by atoms with van der Waals surface area (Å²) in [5.74, 6) is -0.530. The lowest BCUT2D eigenvalue weighted by Gasteiger charge is -2.09. The van der Waals surface area contributed by atoms with Gasteiger partial charge in [0.1, 0.15) is 0 Å². The number of carbonyl (C=O) groups excluding carboxylic acids is 4. The lowest BCUT2D eigenvalue weighted by atomic mass is 10.0. The molecule has 1 aromatic heterocycles. The van der Waals surface area contributed by atoms with Gasteiger partial charge in [-0.25, -0.2) is 5.48 Å². The van der Waals surface area contributed by atoms with Gasteiger partial charge in [-0.3, -0.25) is 24.4 Å². The van der Waals surface area contributed by atoms with E-state index < -0.39 is 5.91 Å². The molecule has 0 aliphatic rings. The zero-order valence-electron chi connectivity index (χ0n) is 24.1. The average molecular weight is 568 g/mol. The first kappa shape index (κ1) is 30.4. The van der Waals surface area contributed by atoms with Crippen LogP contribution in [0.15, 0.2) is 66.7 Å². The molecule has 0 bridgehead atoms. The summed E-state index contributed by atoms with van der Waals surface area (Å²) in [5.41, 5.74) is 6.78. The maximum atomic E-state index is 12.3. The standard InChI is InChI=1S/C34H37N3O5/c1-23(38)27-14-16-31-29(20-27)30-21-28(24(2)39)15-17-32(30)37(31)19-7-5-3-4-6-8-33(40)35-22-26-11-9-25(10-12-26)13-18-34(41)36-42/h9-18,20-21,42H,3-8,19,22H2,1-2H3,(H,35,40)(H,36,41)/b18-13+. The van der Waals surface area contributed by atoms with Crippen molar-refractivity contribution in [2.75, 3.05) is 0 Å². The van der Waals surface area contributed by atoms with E-state index in [0.29, 0.717) is 24.1 Å². The van der Waals surface area contributed by atoms with E-state index in [1.54, 1.807) is 25.4 Å². The highest BCUT2D eigenvalue weighted by Crippen LogP contribution is 2.31. The summed E-state index contributed by atoms with van der Waals surface area (Å²) >= 11 is 0. The van der Waals surface area contributed by atoms with Crippen LogP contribution in [0.3, 0.4) is 0 Å². The summed E-state index contributed by atoms with van der Waals surface area (Å²) < 4.78 is 2.28. The van der Waals surface area contributed by atoms with E-state index in [1.807, 2.05) is 60.7 Å². The summed E-state index contributed by atoms with van der Waals surface area (Å²) in [5, 5.41) is 13.5. The van der Waals surface area contributed by atoms with Crippen molar-refractivity contribution >= 4 is 51.3 Å². The maximum absolute atomic E-state index is 12.3. The van der Waals surface area contributed by atoms with Gasteiger partial charge >= 0.3 is 0 Å². The summed E-state index contributed by atoms with van der Waals surface area (Å²) in [4.78, 5) is 47.3. The van der Waals surface area contributed by atoms with Crippen LogP contribution in [0.5, 0.6) is 0 Å². The Morgan fingerprint density at radius 2 is 1.33 bits per heavy atom. The number of fused-ring (bicyclic) bond motifs is 3. The highest BCUT2D eigenvalue weighted by molar-refractivity contribution is 6.12. The Kier molecular flexibility index (Phi) is 10.4. The molecule has 1 heterocycles. The van der Waals surface area contributed by atoms with Crippen LogP contribution in [-0.4, -0.2) is 33.2 Å². The zero-order valence-corrected chi connectivity index (χ0v) is 24.1. The largest absolute Gasteiger partial charge is 0.352 e. The first-order chi connectivity index (χ1) is 20.3. The second-order valence-corrected chi connectivity index (χ2v) is 10.6. The van der Waals surface area contributed by atoms with Gasteiger partial charge in [0.25, 0.3) is 5.91 Å². The fourth-order valence-corrected chi connectivity index (χ4v) is 5.11. The van der Waals surface area contributed by atoms with Crippen molar-refractivity contribution in [1.29, 1.82) is 0 Å². The zero-order chi connectivity index (χ0) is 30.1. The van der Waals surface area contributed by atoms with E-state index in [9.17, 15) is 19.2 Å². The van der Waals surface area contributed by atoms with Crippen LogP contribution >= 0.6 is 0 Å². The summed E-state index contributed by atoms with van der Waals surface area (Å²) in [7, 11) is 0. The van der Waals surface area contributed by atoms with E-state index in [0.717, 1.165) is 71.6 Å². The third-order valence-corrected chi connectivity index (χ3v) is 7.47. The number of aromatic nitrogens is 1. The molecular formula is C34H37N3O5. The van der Waals surface area contributed by atoms with Gasteiger partial charge in [-0.15, -0.1) is 0 Å². The van der Waals surface area contributed by atoms with Crippen LogP contribution < -0.4 is 10.8 Å². The lowest BCUT2D eigenvalue weighted by Crippen LogP contribution is -2.22. The molecule has 0 fully saturated rings. The molecule has 4 aromatic rings. The number of hydrogen-bond acceptors (Lipinski definition) is 5. The second kappa shape index (κ2) is 14.4. The normalized spacial score (nSPS) is 11.3. The number of amides is 2. The van der Waals surface area contributed by atoms with Crippen LogP contribution in [0, 0.1) is 0 Å². The molecule has 8 nitrogen and oxygen atoms in total. The number of carbonyl (C=O) groups is 4. The molecule has 42 heavy (non-hydrogen) atoms. The molecular weight excluding hydrogens is 530 g/mol. The molecule has 0 spiro atoms. The predicted octanol–water partition coefficient (Wildman–Crippen LogP) is 6.38. The van der Waals surface area contributed by atoms with Gasteiger partial charge in [-0.05, 0) is 80.3 Å². The van der Waals surface area contributed by atoms with Crippen LogP contribution in [-0.2, 0) is 22.7 Å². The fourth-order valence-electron chi connectivity index (χ4n) is 5.11. The van der Waals surface area contributed by atoms with Crippen molar-refractivity contribution in [2.45, 2.75) is 65.5 Å². The maximum Gasteiger partial charge on any atom is 0.267 e. The van der Waals surface area contributed by atoms with E-state index in [1.165, 1.54) is 6.08 Å². The number of rotatable bonds is 14. The number of aryl methyl sites for hydroxylation is 1. The van der Waals surface area contributed by atoms with Crippen molar-refractivity contribution < 1.29 is 24.4 Å². The van der Waals surface area contributed by atoms with Crippen LogP contribution in [0.1, 0.15) is 84.2 Å². The molecule has 0 unspecified atom stereocenters. The molecule has 0 radical (unpaired) electrons. The van der Waals surface area contributed by atoms with Gasteiger partial charge in [0.2, 0.25) is 5.91 Å². The lowest BCUT2D eigenvalue weighted by molar-refractivity contribution is -0.124. The molecule has 8 heteroatoms. The fraction of sp³-hybridized carbons (Fsp3) is 0.294. The molecule has 0 atom stereocenters. The number of hydroxylamine groups is 1. The second-order valence-electron chi connectivity index (χ2n) is 10.6. The van der Waals surface area contributed by atoms with E-state index in [-0.39, 0.29) is 17.5 Å². The molecule has 0 aliphatic carbocycles. The Morgan fingerprint density at radius 1 is 0.762 bits per heavy atom. The first-order valence-corrected chi connectivity index (χ1v) is 14.3. The third-order valence-electron chi connectivity index (χ3n) is 7.47. The van der Waals surface area contributed by atoms with Gasteiger partial charge in [-0.2, -0.15) is 0 Å². The number of Topliss-reactive ketones (excluding diaryl/α,β-unsaturated/α-hetero) is 2. The van der Waals surface area contributed by atoms with Crippen LogP contribution in [0.4, 0.5) is 0 Å². The van der Waals surface area contributed by atoms with Gasteiger partial charge in [0, 0.05) is 58.5 Å². The summed E-state index contributed by atoms with van der Waals surface area (Å²) in [6.45, 7) is 4.41. The van der Waals surface area contributed by atoms with Gasteiger partial charge in [0.05, 0.1) is 0 Å². The monoisotopic (exact) mass is 567 g/mol. The van der Waals surface area contributed by atoms with Crippen molar-refractivity contribution in [2.24, 2.45) is 0 Å². The number of nitrogens with zero attached hydrogens (tertiary/aromatic N) is 1. The molecule has 2 amide bonds. The third kappa shape index (κ3) is 7.79. The van der Waals surface area contributed by atoms with Crippen molar-refractivity contribution in [3.63, 3.8) is 0 Å². The van der Waals surface area contributed by atoms with Gasteiger partial charge in [0.15, 0.2) is 11.6 Å². The first-order valence-electron chi connectivity index (χ1n) is 14.3. The number of nitrogens with one attached hydrogen (secondary N) is 2. The van der Waals surface area contributed by atoms with Crippen LogP contribution in [0.2, 0.25) is 0 Å². The van der Waals surface area contributed by atoms with E-state index >= 15 is 0 Å². The number of hydrogen-bond donors (Lipinski definition) is 3. The average Bonchev–Trinajstić information content (AvgIpc) is 3.30. The molecule has 0 aliphatic heterocycles. The Labute approximate surface area is 245 Å². The molecule has 4 rings (SSSR count). The van der Waals surface area contributed by atoms with Crippen molar-refractivity contribution in [3.8, 4) is 0 Å². The highest BCUT2D eigenvalue weighted by Gasteiger charge is 2.14. The Hall–Kier alpha value is -4.56. The quantitative estimate of drug-likeness (QED) is 0.0538. The minimum Gasteiger partial charge on any atom is -0.352 e. The number of benzene rings is 3. The Morgan fingerprint density at radius 3 is 1.90 bits per heavy atom. The molecule has 3 N–H and O–H groups in total. The number of ketones is 2. The van der Waals surface area contributed by atoms with Crippen molar-refractivity contribution in [1.82, 2.24) is 15.4 Å². The molecule has 3 aromatic carbocycles. The highest BCUT2D eigenvalue weighted by atomic mass is 16.5. The smallest absolute Gasteiger partial charge is 0.267 e. The molecule has 0 saturated carbocycles. The molecule has 218 valence electrons. The minimum absolute atomic E-state index is 0.0181. The van der Waals surface area contributed by atoms with Gasteiger partial charge < -0.3 is 9.88 Å². The Balaban J connectivity index is 1.22. The van der Waals surface area contributed by atoms with Crippen molar-refractivity contribution in [3.05, 3.63) is 89.0 Å². The summed E-state index contributed by atoms with van der Waals surface area (Å²) in [6, 6.07) is 19.1. The minimum atomic E-state index is -0.593. The van der Waals surface area contributed by atoms with E-state index in [4.69, 9.17) is 5.21 Å². The molecule has 0 saturated heterocycles. The van der Waals surface area contributed by atoms with E-state index in [2.05, 4.69) is 9.88 Å². The number of unbranched alkanes of at least 4 members (excludes halogenated alkanes) is 4. The Bertz CT molecular complexity index is 1560. The van der Waals surface area contributed by atoms with Gasteiger partial charge in [-0.1, -0.05) is 43.5 Å². The van der Waals surface area contributed by atoms with Crippen LogP contribution in [0.25, 0.3) is 27.9 Å².